The van der Waals surface area contributed by atoms with Crippen LogP contribution >= 0.6 is 50.7 Å². The molecule has 0 aliphatic heterocycles. The molecule has 0 spiro atoms. The first kappa shape index (κ1) is 14.0. The average Bonchev–Trinajstić information content (AvgIpc) is 2.34. The molecule has 0 aliphatic rings. The lowest BCUT2D eigenvalue weighted by Crippen LogP contribution is -1.87. The molecule has 0 saturated carbocycles. The lowest BCUT2D eigenvalue weighted by Gasteiger charge is -2.08. The summed E-state index contributed by atoms with van der Waals surface area (Å²) in [5, 5.41) is 0.966. The number of ether oxygens (including phenoxy) is 1. The van der Waals surface area contributed by atoms with E-state index in [0.717, 1.165) is 10.0 Å². The maximum absolute atomic E-state index is 5.92. The van der Waals surface area contributed by atoms with Crippen molar-refractivity contribution >= 4 is 50.7 Å². The summed E-state index contributed by atoms with van der Waals surface area (Å²) in [5.74, 6) is 1.79. The van der Waals surface area contributed by atoms with Crippen molar-refractivity contribution in [3.63, 3.8) is 0 Å². The van der Waals surface area contributed by atoms with Gasteiger partial charge in [-0.05, 0) is 29.8 Å². The predicted molar refractivity (Wildman–Crippen MR) is 80.2 cm³/mol. The fourth-order valence-electron chi connectivity index (χ4n) is 1.38. The summed E-state index contributed by atoms with van der Waals surface area (Å²) in [5.41, 5.74) is 1.01. The second-order valence-electron chi connectivity index (χ2n) is 3.56. The Labute approximate surface area is 129 Å². The smallest absolute Gasteiger partial charge is 0.129 e. The lowest BCUT2D eigenvalue weighted by atomic mass is 10.2. The van der Waals surface area contributed by atoms with Gasteiger partial charge in [-0.25, -0.2) is 0 Å². The minimum atomic E-state index is 0.452. The van der Waals surface area contributed by atoms with Crippen LogP contribution in [0, 0.1) is 0 Å². The molecule has 0 unspecified atom stereocenters. The average molecular weight is 366 g/mol. The van der Waals surface area contributed by atoms with Gasteiger partial charge in [-0.1, -0.05) is 45.2 Å². The van der Waals surface area contributed by atoms with E-state index in [1.165, 1.54) is 0 Å². The molecule has 18 heavy (non-hydrogen) atoms. The third-order valence-electron chi connectivity index (χ3n) is 2.30. The molecule has 2 aromatic carbocycles. The Morgan fingerprint density at radius 2 is 1.61 bits per heavy atom. The summed E-state index contributed by atoms with van der Waals surface area (Å²) in [7, 11) is 0. The Morgan fingerprint density at radius 3 is 2.22 bits per heavy atom. The van der Waals surface area contributed by atoms with Crippen molar-refractivity contribution in [1.82, 2.24) is 0 Å². The van der Waals surface area contributed by atoms with Crippen LogP contribution in [0.5, 0.6) is 11.5 Å². The molecule has 0 saturated heterocycles. The first-order valence-corrected chi connectivity index (χ1v) is 7.16. The fraction of sp³-hybridized carbons (Fsp3) is 0.0769. The first-order valence-electron chi connectivity index (χ1n) is 5.07. The van der Waals surface area contributed by atoms with Crippen LogP contribution in [0.1, 0.15) is 5.56 Å². The van der Waals surface area contributed by atoms with Crippen molar-refractivity contribution in [2.45, 2.75) is 5.88 Å². The summed E-state index contributed by atoms with van der Waals surface area (Å²) >= 11 is 21.0. The number of rotatable bonds is 3. The highest BCUT2D eigenvalue weighted by molar-refractivity contribution is 9.10. The number of hydrogen-bond acceptors (Lipinski definition) is 1. The van der Waals surface area contributed by atoms with Gasteiger partial charge in [0.05, 0.1) is 10.0 Å². The molecular weight excluding hydrogens is 358 g/mol. The van der Waals surface area contributed by atoms with E-state index in [-0.39, 0.29) is 0 Å². The van der Waals surface area contributed by atoms with E-state index in [0.29, 0.717) is 27.4 Å². The molecule has 0 amide bonds. The third-order valence-corrected chi connectivity index (χ3v) is 4.06. The quantitative estimate of drug-likeness (QED) is 0.580. The summed E-state index contributed by atoms with van der Waals surface area (Å²) < 4.78 is 6.59. The van der Waals surface area contributed by atoms with E-state index < -0.39 is 0 Å². The van der Waals surface area contributed by atoms with Crippen LogP contribution in [0.15, 0.2) is 40.9 Å². The van der Waals surface area contributed by atoms with Gasteiger partial charge in [-0.15, -0.1) is 11.6 Å². The second-order valence-corrected chi connectivity index (χ2v) is 5.50. The molecule has 1 nitrogen and oxygen atoms in total. The topological polar surface area (TPSA) is 9.23 Å². The minimum absolute atomic E-state index is 0.452. The molecule has 0 radical (unpaired) electrons. The van der Waals surface area contributed by atoms with Gasteiger partial charge in [-0.2, -0.15) is 0 Å². The maximum Gasteiger partial charge on any atom is 0.129 e. The summed E-state index contributed by atoms with van der Waals surface area (Å²) in [6.45, 7) is 0. The van der Waals surface area contributed by atoms with Gasteiger partial charge in [0, 0.05) is 16.4 Å². The van der Waals surface area contributed by atoms with Gasteiger partial charge >= 0.3 is 0 Å². The van der Waals surface area contributed by atoms with Crippen LogP contribution in [0.4, 0.5) is 0 Å². The highest BCUT2D eigenvalue weighted by Crippen LogP contribution is 2.31. The Hall–Kier alpha value is -0.410. The molecule has 2 rings (SSSR count). The molecule has 0 bridgehead atoms. The zero-order chi connectivity index (χ0) is 13.1. The molecule has 0 atom stereocenters. The van der Waals surface area contributed by atoms with Crippen LogP contribution in [0.3, 0.4) is 0 Å². The highest BCUT2D eigenvalue weighted by atomic mass is 79.9. The van der Waals surface area contributed by atoms with E-state index in [1.54, 1.807) is 18.2 Å². The van der Waals surface area contributed by atoms with E-state index in [9.17, 15) is 0 Å². The van der Waals surface area contributed by atoms with Crippen molar-refractivity contribution in [3.05, 3.63) is 56.5 Å². The zero-order valence-electron chi connectivity index (χ0n) is 9.09. The Kier molecular flexibility index (Phi) is 4.79. The molecule has 0 aromatic heterocycles. The van der Waals surface area contributed by atoms with Crippen molar-refractivity contribution < 1.29 is 4.74 Å². The molecule has 0 N–H and O–H groups in total. The summed E-state index contributed by atoms with van der Waals surface area (Å²) in [4.78, 5) is 0. The van der Waals surface area contributed by atoms with Crippen molar-refractivity contribution in [2.75, 3.05) is 0 Å². The molecular formula is C13H8BrCl3O. The predicted octanol–water partition coefficient (Wildman–Crippen LogP) is 6.29. The van der Waals surface area contributed by atoms with E-state index in [1.807, 2.05) is 18.2 Å². The number of alkyl halides is 1. The minimum Gasteiger partial charge on any atom is -0.457 e. The van der Waals surface area contributed by atoms with Crippen LogP contribution in [-0.2, 0) is 5.88 Å². The van der Waals surface area contributed by atoms with Crippen LogP contribution in [0.25, 0.3) is 0 Å². The van der Waals surface area contributed by atoms with Crippen molar-refractivity contribution in [1.29, 1.82) is 0 Å². The molecule has 94 valence electrons. The molecule has 0 heterocycles. The lowest BCUT2D eigenvalue weighted by molar-refractivity contribution is 0.482. The maximum atomic E-state index is 5.92. The van der Waals surface area contributed by atoms with E-state index in [4.69, 9.17) is 39.5 Å². The highest BCUT2D eigenvalue weighted by Gasteiger charge is 2.04. The SMILES string of the molecule is ClCc1ccc(Oc2ccc(Cl)c(Cl)c2)cc1Br. The van der Waals surface area contributed by atoms with Gasteiger partial charge in [0.1, 0.15) is 11.5 Å². The van der Waals surface area contributed by atoms with Gasteiger partial charge in [-0.3, -0.25) is 0 Å². The second kappa shape index (κ2) is 6.16. The van der Waals surface area contributed by atoms with Gasteiger partial charge in [0.2, 0.25) is 0 Å². The van der Waals surface area contributed by atoms with E-state index in [2.05, 4.69) is 15.9 Å². The first-order chi connectivity index (χ1) is 8.60. The molecule has 2 aromatic rings. The van der Waals surface area contributed by atoms with Crippen molar-refractivity contribution in [3.8, 4) is 11.5 Å². The normalized spacial score (nSPS) is 10.4. The largest absolute Gasteiger partial charge is 0.457 e. The zero-order valence-corrected chi connectivity index (χ0v) is 12.9. The molecule has 5 heteroatoms. The summed E-state index contributed by atoms with van der Waals surface area (Å²) in [6.07, 6.45) is 0. The molecule has 0 aliphatic carbocycles. The van der Waals surface area contributed by atoms with Gasteiger partial charge < -0.3 is 4.74 Å². The monoisotopic (exact) mass is 364 g/mol. The number of benzene rings is 2. The van der Waals surface area contributed by atoms with Gasteiger partial charge in [0.15, 0.2) is 0 Å². The Bertz CT molecular complexity index is 572. The summed E-state index contributed by atoms with van der Waals surface area (Å²) in [6, 6.07) is 10.8. The third kappa shape index (κ3) is 3.33. The Balaban J connectivity index is 2.23. The van der Waals surface area contributed by atoms with Gasteiger partial charge in [0.25, 0.3) is 0 Å². The van der Waals surface area contributed by atoms with Crippen LogP contribution in [-0.4, -0.2) is 0 Å². The van der Waals surface area contributed by atoms with Crippen LogP contribution in [0.2, 0.25) is 10.0 Å². The standard InChI is InChI=1S/C13H8BrCl3O/c14-11-5-9(2-1-8(11)7-15)18-10-3-4-12(16)13(17)6-10/h1-6H,7H2. The number of halogens is 4. The van der Waals surface area contributed by atoms with E-state index >= 15 is 0 Å². The Morgan fingerprint density at radius 1 is 0.944 bits per heavy atom. The van der Waals surface area contributed by atoms with Crippen molar-refractivity contribution in [2.24, 2.45) is 0 Å². The van der Waals surface area contributed by atoms with Crippen LogP contribution < -0.4 is 4.74 Å². The fourth-order valence-corrected chi connectivity index (χ4v) is 2.56. The number of hydrogen-bond donors (Lipinski definition) is 0. The molecule has 0 fully saturated rings.